The molecule has 1 unspecified atom stereocenters. The Kier molecular flexibility index (Phi) is 6.22. The third-order valence-corrected chi connectivity index (χ3v) is 6.10. The number of sulfonamides is 1. The van der Waals surface area contributed by atoms with Crippen LogP contribution >= 0.6 is 12.4 Å². The van der Waals surface area contributed by atoms with Crippen LogP contribution in [0.4, 0.5) is 0 Å². The fourth-order valence-corrected chi connectivity index (χ4v) is 5.00. The molecule has 0 amide bonds. The SMILES string of the molecule is CCCN(C1CCNC1)S(=O)(=O)c1c(C)nn(C)c1C.Cl. The van der Waals surface area contributed by atoms with Crippen LogP contribution in [-0.2, 0) is 17.1 Å². The molecule has 1 atom stereocenters. The van der Waals surface area contributed by atoms with Crippen molar-refractivity contribution in [1.29, 1.82) is 0 Å². The summed E-state index contributed by atoms with van der Waals surface area (Å²) < 4.78 is 29.3. The molecule has 0 aliphatic carbocycles. The minimum absolute atomic E-state index is 0. The van der Waals surface area contributed by atoms with Gasteiger partial charge in [0, 0.05) is 26.2 Å². The molecule has 6 nitrogen and oxygen atoms in total. The van der Waals surface area contributed by atoms with Crippen molar-refractivity contribution in [3.8, 4) is 0 Å². The van der Waals surface area contributed by atoms with E-state index in [-0.39, 0.29) is 18.4 Å². The predicted molar refractivity (Wildman–Crippen MR) is 85.4 cm³/mol. The molecule has 122 valence electrons. The van der Waals surface area contributed by atoms with E-state index in [4.69, 9.17) is 0 Å². The Morgan fingerprint density at radius 3 is 2.52 bits per heavy atom. The monoisotopic (exact) mass is 336 g/mol. The Balaban J connectivity index is 0.00000220. The highest BCUT2D eigenvalue weighted by Crippen LogP contribution is 2.26. The Hall–Kier alpha value is -0.630. The first kappa shape index (κ1) is 18.4. The van der Waals surface area contributed by atoms with Crippen molar-refractivity contribution < 1.29 is 8.42 Å². The van der Waals surface area contributed by atoms with E-state index in [0.29, 0.717) is 22.8 Å². The molecule has 2 rings (SSSR count). The number of aryl methyl sites for hydroxylation is 2. The van der Waals surface area contributed by atoms with E-state index in [1.165, 1.54) is 0 Å². The first-order valence-corrected chi connectivity index (χ1v) is 8.56. The second-order valence-electron chi connectivity index (χ2n) is 5.39. The maximum atomic E-state index is 13.0. The highest BCUT2D eigenvalue weighted by molar-refractivity contribution is 7.89. The average Bonchev–Trinajstić information content (AvgIpc) is 2.96. The molecule has 0 bridgehead atoms. The molecule has 0 aromatic carbocycles. The molecule has 1 aromatic heterocycles. The summed E-state index contributed by atoms with van der Waals surface area (Å²) >= 11 is 0. The number of hydrogen-bond acceptors (Lipinski definition) is 4. The molecular weight excluding hydrogens is 312 g/mol. The van der Waals surface area contributed by atoms with Gasteiger partial charge in [0.25, 0.3) is 0 Å². The summed E-state index contributed by atoms with van der Waals surface area (Å²) in [5.74, 6) is 0. The van der Waals surface area contributed by atoms with Gasteiger partial charge in [-0.25, -0.2) is 8.42 Å². The molecule has 1 aromatic rings. The van der Waals surface area contributed by atoms with Gasteiger partial charge in [0.15, 0.2) is 0 Å². The van der Waals surface area contributed by atoms with Crippen molar-refractivity contribution in [1.82, 2.24) is 19.4 Å². The van der Waals surface area contributed by atoms with Crippen LogP contribution in [0.5, 0.6) is 0 Å². The van der Waals surface area contributed by atoms with Gasteiger partial charge in [-0.3, -0.25) is 4.68 Å². The van der Waals surface area contributed by atoms with Gasteiger partial charge in [-0.05, 0) is 33.2 Å². The smallest absolute Gasteiger partial charge is 0.247 e. The maximum absolute atomic E-state index is 13.0. The van der Waals surface area contributed by atoms with E-state index in [9.17, 15) is 8.42 Å². The lowest BCUT2D eigenvalue weighted by molar-refractivity contribution is 0.334. The van der Waals surface area contributed by atoms with Crippen LogP contribution in [0, 0.1) is 13.8 Å². The topological polar surface area (TPSA) is 67.2 Å². The molecular formula is C13H25ClN4O2S. The summed E-state index contributed by atoms with van der Waals surface area (Å²) in [6.07, 6.45) is 1.69. The number of nitrogens with one attached hydrogen (secondary N) is 1. The van der Waals surface area contributed by atoms with Gasteiger partial charge >= 0.3 is 0 Å². The van der Waals surface area contributed by atoms with Crippen molar-refractivity contribution in [2.45, 2.75) is 44.6 Å². The summed E-state index contributed by atoms with van der Waals surface area (Å²) in [5, 5.41) is 7.48. The van der Waals surface area contributed by atoms with Crippen molar-refractivity contribution in [2.24, 2.45) is 7.05 Å². The van der Waals surface area contributed by atoms with E-state index >= 15 is 0 Å². The third-order valence-electron chi connectivity index (χ3n) is 3.89. The van der Waals surface area contributed by atoms with Gasteiger partial charge in [-0.1, -0.05) is 6.92 Å². The van der Waals surface area contributed by atoms with Gasteiger partial charge in [0.05, 0.1) is 11.4 Å². The molecule has 2 heterocycles. The highest BCUT2D eigenvalue weighted by atomic mass is 35.5. The first-order valence-electron chi connectivity index (χ1n) is 7.12. The molecule has 0 saturated carbocycles. The largest absolute Gasteiger partial charge is 0.315 e. The molecule has 1 fully saturated rings. The summed E-state index contributed by atoms with van der Waals surface area (Å²) in [7, 11) is -1.70. The Morgan fingerprint density at radius 2 is 2.10 bits per heavy atom. The van der Waals surface area contributed by atoms with Crippen LogP contribution in [0.25, 0.3) is 0 Å². The third kappa shape index (κ3) is 3.41. The second kappa shape index (κ2) is 7.09. The Morgan fingerprint density at radius 1 is 1.43 bits per heavy atom. The van der Waals surface area contributed by atoms with E-state index in [1.54, 1.807) is 23.0 Å². The van der Waals surface area contributed by atoms with Gasteiger partial charge in [-0.2, -0.15) is 9.40 Å². The van der Waals surface area contributed by atoms with E-state index in [0.717, 1.165) is 25.9 Å². The van der Waals surface area contributed by atoms with E-state index < -0.39 is 10.0 Å². The normalized spacial score (nSPS) is 19.0. The average molecular weight is 337 g/mol. The maximum Gasteiger partial charge on any atom is 0.247 e. The zero-order valence-corrected chi connectivity index (χ0v) is 14.7. The van der Waals surface area contributed by atoms with Crippen LogP contribution in [0.2, 0.25) is 0 Å². The summed E-state index contributed by atoms with van der Waals surface area (Å²) in [6, 6.07) is 0.0546. The number of aromatic nitrogens is 2. The predicted octanol–water partition coefficient (Wildman–Crippen LogP) is 1.22. The highest BCUT2D eigenvalue weighted by Gasteiger charge is 2.35. The van der Waals surface area contributed by atoms with Crippen molar-refractivity contribution in [3.63, 3.8) is 0 Å². The molecule has 1 aliphatic heterocycles. The Labute approximate surface area is 133 Å². The van der Waals surface area contributed by atoms with Crippen molar-refractivity contribution in [2.75, 3.05) is 19.6 Å². The zero-order valence-electron chi connectivity index (χ0n) is 13.1. The fourth-order valence-electron chi connectivity index (χ4n) is 2.85. The number of rotatable bonds is 5. The van der Waals surface area contributed by atoms with Gasteiger partial charge in [0.2, 0.25) is 10.0 Å². The second-order valence-corrected chi connectivity index (χ2v) is 7.21. The molecule has 1 saturated heterocycles. The van der Waals surface area contributed by atoms with E-state index in [2.05, 4.69) is 10.4 Å². The van der Waals surface area contributed by atoms with Crippen LogP contribution in [0.15, 0.2) is 4.90 Å². The molecule has 1 N–H and O–H groups in total. The summed E-state index contributed by atoms with van der Waals surface area (Å²) in [4.78, 5) is 0.375. The lowest BCUT2D eigenvalue weighted by Crippen LogP contribution is -2.42. The standard InChI is InChI=1S/C13H24N4O2S.ClH/c1-5-8-17(12-6-7-14-9-12)20(18,19)13-10(2)15-16(4)11(13)3;/h12,14H,5-9H2,1-4H3;1H. The number of hydrogen-bond donors (Lipinski definition) is 1. The van der Waals surface area contributed by atoms with Gasteiger partial charge in [0.1, 0.15) is 4.90 Å². The van der Waals surface area contributed by atoms with Crippen LogP contribution < -0.4 is 5.32 Å². The van der Waals surface area contributed by atoms with Crippen LogP contribution in [0.3, 0.4) is 0 Å². The van der Waals surface area contributed by atoms with Crippen molar-refractivity contribution in [3.05, 3.63) is 11.4 Å². The zero-order chi connectivity index (χ0) is 14.9. The Bertz CT molecular complexity index is 579. The fraction of sp³-hybridized carbons (Fsp3) is 0.769. The number of halogens is 1. The number of nitrogens with zero attached hydrogens (tertiary/aromatic N) is 3. The first-order chi connectivity index (χ1) is 9.39. The summed E-state index contributed by atoms with van der Waals surface area (Å²) in [6.45, 7) is 7.75. The summed E-state index contributed by atoms with van der Waals surface area (Å²) in [5.41, 5.74) is 1.28. The quantitative estimate of drug-likeness (QED) is 0.878. The molecule has 0 radical (unpaired) electrons. The van der Waals surface area contributed by atoms with E-state index in [1.807, 2.05) is 13.8 Å². The van der Waals surface area contributed by atoms with Crippen molar-refractivity contribution >= 4 is 22.4 Å². The molecule has 1 aliphatic rings. The van der Waals surface area contributed by atoms with Gasteiger partial charge < -0.3 is 5.32 Å². The molecule has 21 heavy (non-hydrogen) atoms. The minimum atomic E-state index is -3.48. The minimum Gasteiger partial charge on any atom is -0.315 e. The molecule has 0 spiro atoms. The van der Waals surface area contributed by atoms with Gasteiger partial charge in [-0.15, -0.1) is 12.4 Å². The van der Waals surface area contributed by atoms with Crippen LogP contribution in [-0.4, -0.2) is 48.2 Å². The lowest BCUT2D eigenvalue weighted by atomic mass is 10.2. The van der Waals surface area contributed by atoms with Crippen LogP contribution in [0.1, 0.15) is 31.2 Å². The molecule has 8 heteroatoms. The lowest BCUT2D eigenvalue weighted by Gasteiger charge is -2.27.